The van der Waals surface area contributed by atoms with Crippen LogP contribution in [0.1, 0.15) is 44.1 Å². The van der Waals surface area contributed by atoms with Crippen LogP contribution in [0.5, 0.6) is 11.5 Å². The summed E-state index contributed by atoms with van der Waals surface area (Å²) in [7, 11) is 1.54. The van der Waals surface area contributed by atoms with Gasteiger partial charge >= 0.3 is 5.97 Å². The molecule has 5 heteroatoms. The summed E-state index contributed by atoms with van der Waals surface area (Å²) in [6, 6.07) is 5.61. The molecular formula is C21H28O5. The van der Waals surface area contributed by atoms with Gasteiger partial charge in [-0.25, -0.2) is 0 Å². The van der Waals surface area contributed by atoms with Gasteiger partial charge in [0.25, 0.3) is 0 Å². The zero-order valence-electron chi connectivity index (χ0n) is 15.7. The van der Waals surface area contributed by atoms with E-state index in [9.17, 15) is 4.79 Å². The van der Waals surface area contributed by atoms with Crippen LogP contribution in [0.3, 0.4) is 0 Å². The maximum atomic E-state index is 12.5. The van der Waals surface area contributed by atoms with Crippen molar-refractivity contribution in [3.05, 3.63) is 48.8 Å². The molecule has 1 heterocycles. The van der Waals surface area contributed by atoms with Crippen LogP contribution in [0, 0.1) is 5.92 Å². The highest BCUT2D eigenvalue weighted by molar-refractivity contribution is 5.79. The van der Waals surface area contributed by atoms with E-state index in [1.54, 1.807) is 13.2 Å². The Kier molecular flexibility index (Phi) is 7.73. The number of benzene rings is 1. The van der Waals surface area contributed by atoms with Crippen molar-refractivity contribution in [3.8, 4) is 11.5 Å². The number of ether oxygens (including phenoxy) is 4. The lowest BCUT2D eigenvalue weighted by Gasteiger charge is -2.32. The van der Waals surface area contributed by atoms with Crippen LogP contribution in [-0.4, -0.2) is 26.5 Å². The quantitative estimate of drug-likeness (QED) is 0.144. The van der Waals surface area contributed by atoms with E-state index in [1.165, 1.54) is 0 Å². The lowest BCUT2D eigenvalue weighted by atomic mass is 9.79. The molecule has 0 bridgehead atoms. The molecule has 0 N–H and O–H groups in total. The van der Waals surface area contributed by atoms with Crippen LogP contribution in [0.15, 0.2) is 43.2 Å². The smallest absolute Gasteiger partial charge is 0.315 e. The van der Waals surface area contributed by atoms with E-state index in [2.05, 4.69) is 20.1 Å². The molecule has 1 aromatic carbocycles. The molecule has 26 heavy (non-hydrogen) atoms. The van der Waals surface area contributed by atoms with E-state index in [0.29, 0.717) is 31.0 Å². The first-order valence-corrected chi connectivity index (χ1v) is 8.99. The molecule has 0 saturated heterocycles. The van der Waals surface area contributed by atoms with E-state index in [-0.39, 0.29) is 24.6 Å². The first-order valence-electron chi connectivity index (χ1n) is 8.99. The van der Waals surface area contributed by atoms with Crippen molar-refractivity contribution in [1.82, 2.24) is 0 Å². The zero-order valence-corrected chi connectivity index (χ0v) is 15.7. The third-order valence-electron chi connectivity index (χ3n) is 4.40. The molecule has 2 atom stereocenters. The Morgan fingerprint density at radius 2 is 2.15 bits per heavy atom. The van der Waals surface area contributed by atoms with Crippen LogP contribution in [-0.2, 0) is 14.3 Å². The largest absolute Gasteiger partial charge is 0.494 e. The second-order valence-corrected chi connectivity index (χ2v) is 6.35. The molecule has 0 amide bonds. The van der Waals surface area contributed by atoms with Crippen molar-refractivity contribution < 1.29 is 23.7 Å². The summed E-state index contributed by atoms with van der Waals surface area (Å²) in [5.74, 6) is 1.17. The highest BCUT2D eigenvalue weighted by atomic mass is 16.7. The zero-order chi connectivity index (χ0) is 18.9. The van der Waals surface area contributed by atoms with Gasteiger partial charge in [-0.05, 0) is 31.0 Å². The number of fused-ring (bicyclic) bond motifs is 1. The number of allylic oxidation sites excluding steroid dienone is 2. The van der Waals surface area contributed by atoms with Crippen molar-refractivity contribution in [2.45, 2.75) is 38.5 Å². The van der Waals surface area contributed by atoms with Crippen LogP contribution >= 0.6 is 0 Å². The standard InChI is InChI=1S/C21H28O5/c1-5-7-11-24-16-9-10-20-18(13-16)17(8-6-2)19(21(22)26-20)12-15(3)25-14-23-4/h6,9-10,13,17,19H,2-3,5,7-8,11-12,14H2,1,4H3/t17-,19+/m1/s1. The number of unbranched alkanes of at least 4 members (excludes halogenated alkanes) is 1. The van der Waals surface area contributed by atoms with Gasteiger partial charge in [0.2, 0.25) is 0 Å². The minimum atomic E-state index is -0.379. The summed E-state index contributed by atoms with van der Waals surface area (Å²) in [5.41, 5.74) is 0.961. The summed E-state index contributed by atoms with van der Waals surface area (Å²) in [5, 5.41) is 0. The fraction of sp³-hybridized carbons (Fsp3) is 0.476. The first kappa shape index (κ1) is 20.0. The SMILES string of the molecule is C=CC[C@@H]1c2cc(OCCCC)ccc2OC(=O)[C@H]1CC(=C)OCOC. The molecule has 0 fully saturated rings. The van der Waals surface area contributed by atoms with Gasteiger partial charge < -0.3 is 18.9 Å². The summed E-state index contributed by atoms with van der Waals surface area (Å²) in [6.45, 7) is 10.6. The summed E-state index contributed by atoms with van der Waals surface area (Å²) in [6.07, 6.45) is 4.93. The Balaban J connectivity index is 2.22. The van der Waals surface area contributed by atoms with Crippen LogP contribution in [0.4, 0.5) is 0 Å². The molecule has 0 spiro atoms. The molecule has 1 aliphatic rings. The second-order valence-electron chi connectivity index (χ2n) is 6.35. The van der Waals surface area contributed by atoms with Gasteiger partial charge in [-0.3, -0.25) is 4.79 Å². The van der Waals surface area contributed by atoms with Gasteiger partial charge in [0, 0.05) is 25.0 Å². The minimum absolute atomic E-state index is 0.0543. The third-order valence-corrected chi connectivity index (χ3v) is 4.40. The molecule has 0 aliphatic carbocycles. The minimum Gasteiger partial charge on any atom is -0.494 e. The van der Waals surface area contributed by atoms with Crippen molar-refractivity contribution in [2.75, 3.05) is 20.5 Å². The number of hydrogen-bond donors (Lipinski definition) is 0. The summed E-state index contributed by atoms with van der Waals surface area (Å²) < 4.78 is 21.6. The van der Waals surface area contributed by atoms with Crippen LogP contribution in [0.2, 0.25) is 0 Å². The van der Waals surface area contributed by atoms with Gasteiger partial charge in [-0.1, -0.05) is 26.0 Å². The second kappa shape index (κ2) is 10.0. The van der Waals surface area contributed by atoms with E-state index in [0.717, 1.165) is 24.2 Å². The Hall–Kier alpha value is -2.27. The van der Waals surface area contributed by atoms with E-state index in [4.69, 9.17) is 18.9 Å². The molecule has 0 unspecified atom stereocenters. The number of hydrogen-bond acceptors (Lipinski definition) is 5. The summed E-state index contributed by atoms with van der Waals surface area (Å²) >= 11 is 0. The van der Waals surface area contributed by atoms with Crippen LogP contribution in [0.25, 0.3) is 0 Å². The van der Waals surface area contributed by atoms with Gasteiger partial charge in [-0.15, -0.1) is 6.58 Å². The average molecular weight is 360 g/mol. The highest BCUT2D eigenvalue weighted by Gasteiger charge is 2.37. The van der Waals surface area contributed by atoms with Gasteiger partial charge in [0.1, 0.15) is 11.5 Å². The molecule has 1 aromatic rings. The molecule has 0 saturated carbocycles. The van der Waals surface area contributed by atoms with E-state index in [1.807, 2.05) is 18.2 Å². The van der Waals surface area contributed by atoms with Crippen molar-refractivity contribution in [2.24, 2.45) is 5.92 Å². The first-order chi connectivity index (χ1) is 12.6. The summed E-state index contributed by atoms with van der Waals surface area (Å²) in [4.78, 5) is 12.5. The molecule has 0 aromatic heterocycles. The highest BCUT2D eigenvalue weighted by Crippen LogP contribution is 2.43. The number of carbonyl (C=O) groups is 1. The molecule has 142 valence electrons. The molecule has 5 nitrogen and oxygen atoms in total. The predicted octanol–water partition coefficient (Wildman–Crippen LogP) is 4.58. The lowest BCUT2D eigenvalue weighted by Crippen LogP contribution is -2.32. The van der Waals surface area contributed by atoms with Crippen molar-refractivity contribution in [3.63, 3.8) is 0 Å². The molecular weight excluding hydrogens is 332 g/mol. The van der Waals surface area contributed by atoms with E-state index >= 15 is 0 Å². The molecule has 1 aliphatic heterocycles. The van der Waals surface area contributed by atoms with Gasteiger partial charge in [0.05, 0.1) is 18.3 Å². The number of esters is 1. The number of methoxy groups -OCH3 is 1. The van der Waals surface area contributed by atoms with Crippen molar-refractivity contribution >= 4 is 5.97 Å². The normalized spacial score (nSPS) is 18.6. The maximum absolute atomic E-state index is 12.5. The van der Waals surface area contributed by atoms with Crippen LogP contribution < -0.4 is 9.47 Å². The fourth-order valence-corrected chi connectivity index (χ4v) is 3.04. The molecule has 0 radical (unpaired) electrons. The number of carbonyl (C=O) groups excluding carboxylic acids is 1. The topological polar surface area (TPSA) is 54.0 Å². The van der Waals surface area contributed by atoms with Gasteiger partial charge in [-0.2, -0.15) is 0 Å². The maximum Gasteiger partial charge on any atom is 0.315 e. The van der Waals surface area contributed by atoms with E-state index < -0.39 is 0 Å². The Morgan fingerprint density at radius 3 is 2.85 bits per heavy atom. The lowest BCUT2D eigenvalue weighted by molar-refractivity contribution is -0.141. The monoisotopic (exact) mass is 360 g/mol. The molecule has 2 rings (SSSR count). The Bertz CT molecular complexity index is 637. The fourth-order valence-electron chi connectivity index (χ4n) is 3.04. The number of rotatable bonds is 11. The van der Waals surface area contributed by atoms with Gasteiger partial charge in [0.15, 0.2) is 6.79 Å². The van der Waals surface area contributed by atoms with Crippen molar-refractivity contribution in [1.29, 1.82) is 0 Å². The Labute approximate surface area is 155 Å². The predicted molar refractivity (Wildman–Crippen MR) is 100 cm³/mol. The average Bonchev–Trinajstić information content (AvgIpc) is 2.63. The Morgan fingerprint density at radius 1 is 1.35 bits per heavy atom. The third kappa shape index (κ3) is 5.11.